The molecule has 18 heavy (non-hydrogen) atoms. The summed E-state index contributed by atoms with van der Waals surface area (Å²) in [6.45, 7) is 0. The monoisotopic (exact) mass is 431 g/mol. The average Bonchev–Trinajstić information content (AvgIpc) is 2.35. The van der Waals surface area contributed by atoms with Gasteiger partial charge in [-0.1, -0.05) is 31.9 Å². The van der Waals surface area contributed by atoms with Crippen molar-refractivity contribution in [3.05, 3.63) is 60.9 Å². The van der Waals surface area contributed by atoms with Crippen LogP contribution in [0.5, 0.6) is 0 Å². The molecule has 0 aliphatic heterocycles. The number of hydrogen-bond donors (Lipinski definition) is 1. The molecule has 0 saturated carbocycles. The maximum absolute atomic E-state index is 12.4. The van der Waals surface area contributed by atoms with Gasteiger partial charge in [-0.25, -0.2) is 0 Å². The summed E-state index contributed by atoms with van der Waals surface area (Å²) in [5.41, 5.74) is 7.52. The van der Waals surface area contributed by atoms with E-state index in [0.717, 1.165) is 13.4 Å². The van der Waals surface area contributed by atoms with Crippen LogP contribution >= 0.6 is 47.8 Å². The molecular formula is C13H8Br3NO. The summed E-state index contributed by atoms with van der Waals surface area (Å²) < 4.78 is 2.35. The zero-order chi connectivity index (χ0) is 13.3. The van der Waals surface area contributed by atoms with E-state index in [1.54, 1.807) is 24.3 Å². The van der Waals surface area contributed by atoms with Gasteiger partial charge in [0.1, 0.15) is 0 Å². The molecule has 0 aliphatic rings. The number of nitrogen functional groups attached to an aromatic ring is 1. The molecule has 0 saturated heterocycles. The van der Waals surface area contributed by atoms with Gasteiger partial charge in [0, 0.05) is 30.2 Å². The normalized spacial score (nSPS) is 10.4. The first kappa shape index (κ1) is 13.8. The lowest BCUT2D eigenvalue weighted by atomic mass is 10.0. The second kappa shape index (κ2) is 5.55. The highest BCUT2D eigenvalue weighted by Crippen LogP contribution is 2.26. The van der Waals surface area contributed by atoms with Crippen molar-refractivity contribution in [1.29, 1.82) is 0 Å². The van der Waals surface area contributed by atoms with Gasteiger partial charge in [0.15, 0.2) is 5.78 Å². The van der Waals surface area contributed by atoms with Crippen LogP contribution in [0.1, 0.15) is 15.9 Å². The molecule has 0 fully saturated rings. The Bertz CT molecular complexity index is 626. The van der Waals surface area contributed by atoms with Crippen LogP contribution in [0.25, 0.3) is 0 Å². The molecule has 2 aromatic carbocycles. The summed E-state index contributed by atoms with van der Waals surface area (Å²) in [7, 11) is 0. The fourth-order valence-electron chi connectivity index (χ4n) is 1.50. The Labute approximate surface area is 130 Å². The Morgan fingerprint density at radius 1 is 0.944 bits per heavy atom. The van der Waals surface area contributed by atoms with E-state index in [2.05, 4.69) is 47.8 Å². The van der Waals surface area contributed by atoms with Gasteiger partial charge in [-0.15, -0.1) is 0 Å². The molecule has 0 bridgehead atoms. The largest absolute Gasteiger partial charge is 0.398 e. The van der Waals surface area contributed by atoms with E-state index in [1.807, 2.05) is 12.1 Å². The third-order valence-electron chi connectivity index (χ3n) is 2.44. The minimum atomic E-state index is -0.0520. The second-order valence-electron chi connectivity index (χ2n) is 3.69. The van der Waals surface area contributed by atoms with E-state index in [0.29, 0.717) is 16.8 Å². The summed E-state index contributed by atoms with van der Waals surface area (Å²) in [6.07, 6.45) is 0. The number of anilines is 1. The average molecular weight is 434 g/mol. The van der Waals surface area contributed by atoms with Crippen LogP contribution in [-0.4, -0.2) is 5.78 Å². The van der Waals surface area contributed by atoms with Crippen LogP contribution in [-0.2, 0) is 0 Å². The van der Waals surface area contributed by atoms with E-state index in [4.69, 9.17) is 5.73 Å². The Kier molecular flexibility index (Phi) is 4.25. The molecule has 2 nitrogen and oxygen atoms in total. The minimum Gasteiger partial charge on any atom is -0.398 e. The molecule has 0 atom stereocenters. The number of carbonyl (C=O) groups excluding carboxylic acids is 1. The van der Waals surface area contributed by atoms with Crippen molar-refractivity contribution in [3.8, 4) is 0 Å². The summed E-state index contributed by atoms with van der Waals surface area (Å²) in [5.74, 6) is -0.0520. The lowest BCUT2D eigenvalue weighted by molar-refractivity contribution is 0.103. The molecule has 0 amide bonds. The third kappa shape index (κ3) is 2.84. The van der Waals surface area contributed by atoms with Gasteiger partial charge in [0.2, 0.25) is 0 Å². The maximum Gasteiger partial charge on any atom is 0.194 e. The highest BCUT2D eigenvalue weighted by molar-refractivity contribution is 9.11. The number of hydrogen-bond acceptors (Lipinski definition) is 2. The molecule has 0 aliphatic carbocycles. The lowest BCUT2D eigenvalue weighted by Crippen LogP contribution is -2.03. The van der Waals surface area contributed by atoms with Crippen LogP contribution < -0.4 is 5.73 Å². The number of rotatable bonds is 2. The molecule has 5 heteroatoms. The topological polar surface area (TPSA) is 43.1 Å². The summed E-state index contributed by atoms with van der Waals surface area (Å²) >= 11 is 10.1. The van der Waals surface area contributed by atoms with E-state index in [-0.39, 0.29) is 5.78 Å². The quantitative estimate of drug-likeness (QED) is 0.546. The van der Waals surface area contributed by atoms with Crippen LogP contribution in [0.15, 0.2) is 49.8 Å². The van der Waals surface area contributed by atoms with Crippen molar-refractivity contribution in [2.75, 3.05) is 5.73 Å². The van der Waals surface area contributed by atoms with E-state index >= 15 is 0 Å². The maximum atomic E-state index is 12.4. The van der Waals surface area contributed by atoms with Crippen molar-refractivity contribution in [2.24, 2.45) is 0 Å². The van der Waals surface area contributed by atoms with Gasteiger partial charge in [-0.2, -0.15) is 0 Å². The summed E-state index contributed by atoms with van der Waals surface area (Å²) in [6, 6.07) is 10.7. The van der Waals surface area contributed by atoms with E-state index in [9.17, 15) is 4.79 Å². The first-order chi connectivity index (χ1) is 8.49. The predicted octanol–water partition coefficient (Wildman–Crippen LogP) is 4.79. The number of ketones is 1. The molecular weight excluding hydrogens is 426 g/mol. The lowest BCUT2D eigenvalue weighted by Gasteiger charge is -2.06. The van der Waals surface area contributed by atoms with Crippen molar-refractivity contribution in [1.82, 2.24) is 0 Å². The molecule has 2 rings (SSSR count). The van der Waals surface area contributed by atoms with Crippen LogP contribution in [0.4, 0.5) is 5.69 Å². The fraction of sp³-hybridized carbons (Fsp3) is 0. The van der Waals surface area contributed by atoms with Crippen molar-refractivity contribution in [2.45, 2.75) is 0 Å². The molecule has 2 aromatic rings. The molecule has 0 heterocycles. The van der Waals surface area contributed by atoms with E-state index in [1.165, 1.54) is 0 Å². The zero-order valence-electron chi connectivity index (χ0n) is 9.08. The second-order valence-corrected chi connectivity index (χ2v) is 6.31. The van der Waals surface area contributed by atoms with Gasteiger partial charge in [-0.05, 0) is 52.3 Å². The fourth-order valence-corrected chi connectivity index (χ4v) is 2.66. The van der Waals surface area contributed by atoms with Crippen LogP contribution in [0.3, 0.4) is 0 Å². The first-order valence-corrected chi connectivity index (χ1v) is 7.41. The molecule has 0 spiro atoms. The smallest absolute Gasteiger partial charge is 0.194 e. The Morgan fingerprint density at radius 3 is 2.33 bits per heavy atom. The third-order valence-corrected chi connectivity index (χ3v) is 4.31. The van der Waals surface area contributed by atoms with Crippen molar-refractivity contribution >= 4 is 59.3 Å². The van der Waals surface area contributed by atoms with Crippen molar-refractivity contribution < 1.29 is 4.79 Å². The first-order valence-electron chi connectivity index (χ1n) is 5.04. The van der Waals surface area contributed by atoms with Gasteiger partial charge >= 0.3 is 0 Å². The Hall–Kier alpha value is -0.650. The summed E-state index contributed by atoms with van der Waals surface area (Å²) in [4.78, 5) is 12.4. The van der Waals surface area contributed by atoms with Gasteiger partial charge < -0.3 is 5.73 Å². The highest BCUT2D eigenvalue weighted by Gasteiger charge is 2.14. The van der Waals surface area contributed by atoms with Crippen molar-refractivity contribution in [3.63, 3.8) is 0 Å². The zero-order valence-corrected chi connectivity index (χ0v) is 13.8. The van der Waals surface area contributed by atoms with E-state index < -0.39 is 0 Å². The number of benzene rings is 2. The van der Waals surface area contributed by atoms with Crippen LogP contribution in [0.2, 0.25) is 0 Å². The molecule has 0 aromatic heterocycles. The number of nitrogens with two attached hydrogens (primary N) is 1. The van der Waals surface area contributed by atoms with Gasteiger partial charge in [0.05, 0.1) is 0 Å². The highest BCUT2D eigenvalue weighted by atomic mass is 79.9. The summed E-state index contributed by atoms with van der Waals surface area (Å²) in [5, 5.41) is 0. The Balaban J connectivity index is 2.47. The minimum absolute atomic E-state index is 0.0520. The number of halogens is 3. The molecule has 2 N–H and O–H groups in total. The van der Waals surface area contributed by atoms with Crippen LogP contribution in [0, 0.1) is 0 Å². The standard InChI is InChI=1S/C13H8Br3NO/c14-8-2-3-10(15)9(6-8)13(18)7-1-4-12(17)11(16)5-7/h1-6H,17H2. The predicted molar refractivity (Wildman–Crippen MR) is 83.8 cm³/mol. The van der Waals surface area contributed by atoms with Gasteiger partial charge in [0.25, 0.3) is 0 Å². The number of carbonyl (C=O) groups is 1. The SMILES string of the molecule is Nc1ccc(C(=O)c2cc(Br)ccc2Br)cc1Br. The van der Waals surface area contributed by atoms with Gasteiger partial charge in [-0.3, -0.25) is 4.79 Å². The molecule has 0 unspecified atom stereocenters. The Morgan fingerprint density at radius 2 is 1.67 bits per heavy atom. The molecule has 92 valence electrons. The molecule has 0 radical (unpaired) electrons.